The number of aryl methyl sites for hydroxylation is 1. The lowest BCUT2D eigenvalue weighted by Gasteiger charge is -2.08. The molecule has 16 heavy (non-hydrogen) atoms. The Labute approximate surface area is 105 Å². The van der Waals surface area contributed by atoms with Gasteiger partial charge in [0, 0.05) is 11.1 Å². The molecular formula is C13H19BrO2. The Morgan fingerprint density at radius 2 is 1.75 bits per heavy atom. The summed E-state index contributed by atoms with van der Waals surface area (Å²) in [4.78, 5) is 0. The molecule has 0 amide bonds. The number of rotatable bonds is 7. The van der Waals surface area contributed by atoms with Crippen LogP contribution >= 0.6 is 15.9 Å². The Kier molecular flexibility index (Phi) is 6.69. The maximum absolute atomic E-state index is 9.42. The molecule has 0 radical (unpaired) electrons. The number of aliphatic hydroxyl groups excluding tert-OH is 2. The van der Waals surface area contributed by atoms with Crippen LogP contribution in [0.15, 0.2) is 28.7 Å². The van der Waals surface area contributed by atoms with E-state index in [0.29, 0.717) is 6.42 Å². The number of halogens is 1. The second-order valence-corrected chi connectivity index (χ2v) is 4.95. The maximum Gasteiger partial charge on any atom is 0.0562 e. The van der Waals surface area contributed by atoms with Gasteiger partial charge in [-0.1, -0.05) is 34.5 Å². The number of benzene rings is 1. The normalized spacial score (nSPS) is 12.7. The van der Waals surface area contributed by atoms with E-state index in [0.717, 1.165) is 30.2 Å². The summed E-state index contributed by atoms with van der Waals surface area (Å²) in [6, 6.07) is 8.34. The molecule has 3 heteroatoms. The standard InChI is InChI=1S/C13H19BrO2/c14-12-7-5-11(6-8-12)3-1-2-4-13(16)9-10-15/h5-8,13,15-16H,1-4,9-10H2. The van der Waals surface area contributed by atoms with Crippen molar-refractivity contribution in [3.63, 3.8) is 0 Å². The van der Waals surface area contributed by atoms with Crippen molar-refractivity contribution in [3.05, 3.63) is 34.3 Å². The van der Waals surface area contributed by atoms with Crippen LogP contribution in [0.1, 0.15) is 31.2 Å². The number of aliphatic hydroxyl groups is 2. The fourth-order valence-electron chi connectivity index (χ4n) is 1.65. The molecule has 0 saturated heterocycles. The molecule has 1 rings (SSSR count). The van der Waals surface area contributed by atoms with Crippen LogP contribution in [0.25, 0.3) is 0 Å². The lowest BCUT2D eigenvalue weighted by molar-refractivity contribution is 0.122. The SMILES string of the molecule is OCCC(O)CCCCc1ccc(Br)cc1. The van der Waals surface area contributed by atoms with Gasteiger partial charge in [-0.2, -0.15) is 0 Å². The molecule has 2 nitrogen and oxygen atoms in total. The second kappa shape index (κ2) is 7.82. The van der Waals surface area contributed by atoms with Crippen molar-refractivity contribution >= 4 is 15.9 Å². The van der Waals surface area contributed by atoms with Gasteiger partial charge in [-0.05, 0) is 43.4 Å². The van der Waals surface area contributed by atoms with E-state index in [-0.39, 0.29) is 12.7 Å². The van der Waals surface area contributed by atoms with Gasteiger partial charge in [0.1, 0.15) is 0 Å². The van der Waals surface area contributed by atoms with Crippen LogP contribution in [0.4, 0.5) is 0 Å². The Hall–Kier alpha value is -0.380. The third kappa shape index (κ3) is 5.64. The number of hydrogen-bond acceptors (Lipinski definition) is 2. The zero-order chi connectivity index (χ0) is 11.8. The van der Waals surface area contributed by atoms with E-state index in [1.165, 1.54) is 5.56 Å². The van der Waals surface area contributed by atoms with Crippen LogP contribution in [0.2, 0.25) is 0 Å². The van der Waals surface area contributed by atoms with E-state index in [4.69, 9.17) is 5.11 Å². The van der Waals surface area contributed by atoms with Crippen molar-refractivity contribution in [2.24, 2.45) is 0 Å². The molecule has 1 unspecified atom stereocenters. The fraction of sp³-hybridized carbons (Fsp3) is 0.538. The highest BCUT2D eigenvalue weighted by atomic mass is 79.9. The fourth-order valence-corrected chi connectivity index (χ4v) is 1.92. The summed E-state index contributed by atoms with van der Waals surface area (Å²) < 4.78 is 1.11. The van der Waals surface area contributed by atoms with Crippen LogP contribution in [0, 0.1) is 0 Å². The predicted molar refractivity (Wildman–Crippen MR) is 69.4 cm³/mol. The zero-order valence-electron chi connectivity index (χ0n) is 9.40. The van der Waals surface area contributed by atoms with Crippen LogP contribution in [-0.2, 0) is 6.42 Å². The Bertz CT molecular complexity index is 284. The van der Waals surface area contributed by atoms with E-state index >= 15 is 0 Å². The molecule has 90 valence electrons. The quantitative estimate of drug-likeness (QED) is 0.757. The van der Waals surface area contributed by atoms with Crippen LogP contribution in [0.3, 0.4) is 0 Å². The average Bonchev–Trinajstić information content (AvgIpc) is 2.27. The highest BCUT2D eigenvalue weighted by Crippen LogP contribution is 2.13. The van der Waals surface area contributed by atoms with Crippen LogP contribution in [0.5, 0.6) is 0 Å². The third-order valence-corrected chi connectivity index (χ3v) is 3.16. The van der Waals surface area contributed by atoms with Crippen molar-refractivity contribution in [3.8, 4) is 0 Å². The molecule has 1 atom stereocenters. The first-order chi connectivity index (χ1) is 7.72. The summed E-state index contributed by atoms with van der Waals surface area (Å²) in [5.41, 5.74) is 1.33. The van der Waals surface area contributed by atoms with Gasteiger partial charge in [-0.15, -0.1) is 0 Å². The largest absolute Gasteiger partial charge is 0.396 e. The molecule has 2 N–H and O–H groups in total. The van der Waals surface area contributed by atoms with Gasteiger partial charge in [-0.25, -0.2) is 0 Å². The molecule has 0 aliphatic heterocycles. The van der Waals surface area contributed by atoms with E-state index in [9.17, 15) is 5.11 Å². The number of hydrogen-bond donors (Lipinski definition) is 2. The van der Waals surface area contributed by atoms with Crippen molar-refractivity contribution in [2.45, 2.75) is 38.2 Å². The third-order valence-electron chi connectivity index (χ3n) is 2.63. The lowest BCUT2D eigenvalue weighted by Crippen LogP contribution is -2.08. The number of unbranched alkanes of at least 4 members (excludes halogenated alkanes) is 1. The molecule has 0 heterocycles. The van der Waals surface area contributed by atoms with Gasteiger partial charge < -0.3 is 10.2 Å². The first-order valence-corrected chi connectivity index (χ1v) is 6.55. The van der Waals surface area contributed by atoms with Gasteiger partial charge in [0.05, 0.1) is 6.10 Å². The minimum atomic E-state index is -0.338. The summed E-state index contributed by atoms with van der Waals surface area (Å²) in [6.45, 7) is 0.0773. The second-order valence-electron chi connectivity index (χ2n) is 4.04. The monoisotopic (exact) mass is 286 g/mol. The Morgan fingerprint density at radius 3 is 2.38 bits per heavy atom. The summed E-state index contributed by atoms with van der Waals surface area (Å²) in [5.74, 6) is 0. The minimum absolute atomic E-state index is 0.0773. The van der Waals surface area contributed by atoms with Crippen molar-refractivity contribution < 1.29 is 10.2 Å². The van der Waals surface area contributed by atoms with E-state index in [1.54, 1.807) is 0 Å². The van der Waals surface area contributed by atoms with Crippen LogP contribution in [-0.4, -0.2) is 22.9 Å². The van der Waals surface area contributed by atoms with E-state index < -0.39 is 0 Å². The highest BCUT2D eigenvalue weighted by molar-refractivity contribution is 9.10. The summed E-state index contributed by atoms with van der Waals surface area (Å²) in [7, 11) is 0. The van der Waals surface area contributed by atoms with Crippen molar-refractivity contribution in [1.82, 2.24) is 0 Å². The molecule has 0 aliphatic carbocycles. The van der Waals surface area contributed by atoms with Crippen molar-refractivity contribution in [1.29, 1.82) is 0 Å². The molecule has 1 aromatic rings. The Balaban J connectivity index is 2.13. The summed E-state index contributed by atoms with van der Waals surface area (Å²) >= 11 is 3.41. The van der Waals surface area contributed by atoms with Gasteiger partial charge in [0.2, 0.25) is 0 Å². The molecule has 0 saturated carbocycles. The van der Waals surface area contributed by atoms with Gasteiger partial charge in [0.15, 0.2) is 0 Å². The first kappa shape index (κ1) is 13.7. The summed E-state index contributed by atoms with van der Waals surface area (Å²) in [6.07, 6.45) is 4.10. The average molecular weight is 287 g/mol. The van der Waals surface area contributed by atoms with E-state index in [1.807, 2.05) is 0 Å². The highest BCUT2D eigenvalue weighted by Gasteiger charge is 2.02. The maximum atomic E-state index is 9.42. The molecule has 0 fully saturated rings. The molecule has 0 bridgehead atoms. The topological polar surface area (TPSA) is 40.5 Å². The first-order valence-electron chi connectivity index (χ1n) is 5.75. The van der Waals surface area contributed by atoms with Gasteiger partial charge in [-0.3, -0.25) is 0 Å². The molecule has 0 aliphatic rings. The molecule has 0 aromatic heterocycles. The van der Waals surface area contributed by atoms with E-state index in [2.05, 4.69) is 40.2 Å². The van der Waals surface area contributed by atoms with Crippen LogP contribution < -0.4 is 0 Å². The zero-order valence-corrected chi connectivity index (χ0v) is 11.0. The van der Waals surface area contributed by atoms with Gasteiger partial charge >= 0.3 is 0 Å². The summed E-state index contributed by atoms with van der Waals surface area (Å²) in [5, 5.41) is 18.0. The molecule has 0 spiro atoms. The minimum Gasteiger partial charge on any atom is -0.396 e. The molecule has 1 aromatic carbocycles. The molecular weight excluding hydrogens is 268 g/mol. The predicted octanol–water partition coefficient (Wildman–Crippen LogP) is 2.91. The van der Waals surface area contributed by atoms with Gasteiger partial charge in [0.25, 0.3) is 0 Å². The smallest absolute Gasteiger partial charge is 0.0562 e. The van der Waals surface area contributed by atoms with Crippen molar-refractivity contribution in [2.75, 3.05) is 6.61 Å². The lowest BCUT2D eigenvalue weighted by atomic mass is 10.0. The Morgan fingerprint density at radius 1 is 1.06 bits per heavy atom.